The summed E-state index contributed by atoms with van der Waals surface area (Å²) in [5.41, 5.74) is 0. The third kappa shape index (κ3) is 6.85. The van der Waals surface area contributed by atoms with Crippen LogP contribution in [-0.4, -0.2) is 43.8 Å². The zero-order valence-corrected chi connectivity index (χ0v) is 9.70. The van der Waals surface area contributed by atoms with E-state index in [2.05, 4.69) is 17.0 Å². The summed E-state index contributed by atoms with van der Waals surface area (Å²) in [7, 11) is 0. The van der Waals surface area contributed by atoms with Crippen molar-refractivity contribution in [3.63, 3.8) is 0 Å². The van der Waals surface area contributed by atoms with E-state index in [1.807, 2.05) is 30.9 Å². The molecule has 0 atom stereocenters. The normalized spacial score (nSPS) is 10.5. The molecule has 0 aromatic carbocycles. The van der Waals surface area contributed by atoms with E-state index >= 15 is 0 Å². The van der Waals surface area contributed by atoms with Crippen molar-refractivity contribution in [3.05, 3.63) is 12.2 Å². The Morgan fingerprint density at radius 1 is 1.60 bits per heavy atom. The highest BCUT2D eigenvalue weighted by Gasteiger charge is 2.08. The second-order valence-corrected chi connectivity index (χ2v) is 3.13. The summed E-state index contributed by atoms with van der Waals surface area (Å²) in [6.07, 6.45) is 4.26. The Kier molecular flexibility index (Phi) is 8.67. The fourth-order valence-electron chi connectivity index (χ4n) is 1.18. The predicted octanol–water partition coefficient (Wildman–Crippen LogP) is 1.05. The Morgan fingerprint density at radius 2 is 2.33 bits per heavy atom. The van der Waals surface area contributed by atoms with Gasteiger partial charge in [0.1, 0.15) is 0 Å². The Balaban J connectivity index is 3.79. The second-order valence-electron chi connectivity index (χ2n) is 3.13. The molecule has 0 aliphatic rings. The molecule has 0 bridgehead atoms. The molecule has 0 aromatic rings. The summed E-state index contributed by atoms with van der Waals surface area (Å²) in [6, 6.07) is 0. The number of rotatable bonds is 8. The molecule has 1 amide bonds. The van der Waals surface area contributed by atoms with Crippen LogP contribution in [0.25, 0.3) is 0 Å². The third-order valence-electron chi connectivity index (χ3n) is 2.04. The molecular formula is C11H21N3O. The molecule has 0 spiro atoms. The molecule has 1 N–H and O–H groups in total. The van der Waals surface area contributed by atoms with E-state index in [0.29, 0.717) is 13.1 Å². The van der Waals surface area contributed by atoms with Crippen LogP contribution in [0, 0.1) is 0 Å². The van der Waals surface area contributed by atoms with Gasteiger partial charge in [0, 0.05) is 26.1 Å². The van der Waals surface area contributed by atoms with E-state index in [-0.39, 0.29) is 5.91 Å². The van der Waals surface area contributed by atoms with Gasteiger partial charge in [-0.1, -0.05) is 12.2 Å². The molecule has 0 heterocycles. The molecule has 4 nitrogen and oxygen atoms in total. The van der Waals surface area contributed by atoms with Gasteiger partial charge in [0.2, 0.25) is 5.91 Å². The van der Waals surface area contributed by atoms with Gasteiger partial charge in [-0.15, -0.1) is 0 Å². The van der Waals surface area contributed by atoms with Gasteiger partial charge in [0.05, 0.1) is 6.67 Å². The van der Waals surface area contributed by atoms with Gasteiger partial charge in [-0.25, -0.2) is 0 Å². The molecule has 0 aromatic heterocycles. The lowest BCUT2D eigenvalue weighted by molar-refractivity contribution is -0.130. The van der Waals surface area contributed by atoms with E-state index in [0.717, 1.165) is 19.6 Å². The zero-order valence-electron chi connectivity index (χ0n) is 9.70. The minimum absolute atomic E-state index is 0.170. The van der Waals surface area contributed by atoms with E-state index < -0.39 is 0 Å². The summed E-state index contributed by atoms with van der Waals surface area (Å²) in [4.78, 5) is 17.1. The smallest absolute Gasteiger partial charge is 0.226 e. The van der Waals surface area contributed by atoms with Gasteiger partial charge in [0.15, 0.2) is 0 Å². The molecule has 0 radical (unpaired) electrons. The molecule has 15 heavy (non-hydrogen) atoms. The topological polar surface area (TPSA) is 44.7 Å². The number of nitrogens with zero attached hydrogens (tertiary/aromatic N) is 2. The molecule has 86 valence electrons. The van der Waals surface area contributed by atoms with Crippen LogP contribution in [0.3, 0.4) is 0 Å². The number of amides is 1. The maximum atomic E-state index is 11.6. The standard InChI is InChI=1S/C11H21N3O/c1-4-6-7-11(15)14(5-2)9-8-13-10-12-3/h4,6,13H,3,5,7-10H2,1-2H3/b6-4+. The van der Waals surface area contributed by atoms with Crippen molar-refractivity contribution in [2.24, 2.45) is 4.99 Å². The average molecular weight is 211 g/mol. The lowest BCUT2D eigenvalue weighted by atomic mass is 10.3. The van der Waals surface area contributed by atoms with Crippen LogP contribution in [0.5, 0.6) is 0 Å². The lowest BCUT2D eigenvalue weighted by Crippen LogP contribution is -2.36. The van der Waals surface area contributed by atoms with Gasteiger partial charge < -0.3 is 4.90 Å². The van der Waals surface area contributed by atoms with E-state index in [4.69, 9.17) is 0 Å². The van der Waals surface area contributed by atoms with Gasteiger partial charge in [-0.2, -0.15) is 0 Å². The number of carbonyl (C=O) groups is 1. The molecule has 0 aliphatic carbocycles. The fraction of sp³-hybridized carbons (Fsp3) is 0.636. The molecular weight excluding hydrogens is 190 g/mol. The van der Waals surface area contributed by atoms with Crippen LogP contribution in [0.2, 0.25) is 0 Å². The Hall–Kier alpha value is -1.16. The van der Waals surface area contributed by atoms with Crippen LogP contribution in [0.4, 0.5) is 0 Å². The number of allylic oxidation sites excluding steroid dienone is 1. The Morgan fingerprint density at radius 3 is 2.87 bits per heavy atom. The average Bonchev–Trinajstić information content (AvgIpc) is 2.26. The number of carbonyl (C=O) groups excluding carboxylic acids is 1. The first kappa shape index (κ1) is 13.8. The second kappa shape index (κ2) is 9.40. The molecule has 4 heteroatoms. The maximum Gasteiger partial charge on any atom is 0.226 e. The van der Waals surface area contributed by atoms with Crippen LogP contribution in [-0.2, 0) is 4.79 Å². The fourth-order valence-corrected chi connectivity index (χ4v) is 1.18. The van der Waals surface area contributed by atoms with E-state index in [1.54, 1.807) is 0 Å². The first-order valence-electron chi connectivity index (χ1n) is 5.28. The van der Waals surface area contributed by atoms with E-state index in [1.165, 1.54) is 0 Å². The summed E-state index contributed by atoms with van der Waals surface area (Å²) >= 11 is 0. The van der Waals surface area contributed by atoms with Crippen molar-refractivity contribution in [3.8, 4) is 0 Å². The minimum atomic E-state index is 0.170. The molecule has 0 aliphatic heterocycles. The van der Waals surface area contributed by atoms with Crippen molar-refractivity contribution >= 4 is 12.6 Å². The number of likely N-dealkylation sites (N-methyl/N-ethyl adjacent to an activating group) is 1. The van der Waals surface area contributed by atoms with Gasteiger partial charge in [-0.3, -0.25) is 15.1 Å². The van der Waals surface area contributed by atoms with Crippen LogP contribution < -0.4 is 5.32 Å². The quantitative estimate of drug-likeness (QED) is 0.370. The van der Waals surface area contributed by atoms with Gasteiger partial charge in [0.25, 0.3) is 0 Å². The highest BCUT2D eigenvalue weighted by atomic mass is 16.2. The van der Waals surface area contributed by atoms with Crippen molar-refractivity contribution in [1.29, 1.82) is 0 Å². The lowest BCUT2D eigenvalue weighted by Gasteiger charge is -2.20. The SMILES string of the molecule is C=NCNCCN(CC)C(=O)C/C=C/C. The predicted molar refractivity (Wildman–Crippen MR) is 64.1 cm³/mol. The van der Waals surface area contributed by atoms with Crippen LogP contribution in [0.1, 0.15) is 20.3 Å². The summed E-state index contributed by atoms with van der Waals surface area (Å²) in [5, 5.41) is 3.07. The third-order valence-corrected chi connectivity index (χ3v) is 2.04. The van der Waals surface area contributed by atoms with Crippen molar-refractivity contribution in [1.82, 2.24) is 10.2 Å². The minimum Gasteiger partial charge on any atom is -0.341 e. The molecule has 0 saturated heterocycles. The highest BCUT2D eigenvalue weighted by Crippen LogP contribution is 1.94. The number of hydrogen-bond donors (Lipinski definition) is 1. The largest absolute Gasteiger partial charge is 0.341 e. The Bertz CT molecular complexity index is 214. The van der Waals surface area contributed by atoms with Crippen LogP contribution >= 0.6 is 0 Å². The van der Waals surface area contributed by atoms with Crippen LogP contribution in [0.15, 0.2) is 17.1 Å². The van der Waals surface area contributed by atoms with Crippen molar-refractivity contribution < 1.29 is 4.79 Å². The zero-order chi connectivity index (χ0) is 11.5. The van der Waals surface area contributed by atoms with Gasteiger partial charge >= 0.3 is 0 Å². The number of nitrogens with one attached hydrogen (secondary N) is 1. The summed E-state index contributed by atoms with van der Waals surface area (Å²) < 4.78 is 0. The molecule has 0 rings (SSSR count). The highest BCUT2D eigenvalue weighted by molar-refractivity contribution is 5.77. The number of aliphatic imine (C=N–C) groups is 1. The number of hydrogen-bond acceptors (Lipinski definition) is 3. The molecule has 0 saturated carbocycles. The Labute approximate surface area is 92.1 Å². The first-order chi connectivity index (χ1) is 7.26. The summed E-state index contributed by atoms with van der Waals surface area (Å²) in [6.45, 7) is 10.0. The maximum absolute atomic E-state index is 11.6. The van der Waals surface area contributed by atoms with E-state index in [9.17, 15) is 4.79 Å². The van der Waals surface area contributed by atoms with Gasteiger partial charge in [-0.05, 0) is 20.6 Å². The monoisotopic (exact) mass is 211 g/mol. The summed E-state index contributed by atoms with van der Waals surface area (Å²) in [5.74, 6) is 0.170. The molecule has 0 unspecified atom stereocenters. The van der Waals surface area contributed by atoms with Crippen molar-refractivity contribution in [2.75, 3.05) is 26.3 Å². The first-order valence-corrected chi connectivity index (χ1v) is 5.28. The van der Waals surface area contributed by atoms with Crippen molar-refractivity contribution in [2.45, 2.75) is 20.3 Å². The molecule has 0 fully saturated rings.